The van der Waals surface area contributed by atoms with Gasteiger partial charge >= 0.3 is 0 Å². The highest BCUT2D eigenvalue weighted by atomic mass is 16.5. The van der Waals surface area contributed by atoms with E-state index in [4.69, 9.17) is 4.74 Å². The van der Waals surface area contributed by atoms with E-state index in [0.29, 0.717) is 5.92 Å². The maximum absolute atomic E-state index is 5.69. The van der Waals surface area contributed by atoms with Gasteiger partial charge < -0.3 is 10.1 Å². The lowest BCUT2D eigenvalue weighted by molar-refractivity contribution is 0.270. The number of benzene rings is 1. The first kappa shape index (κ1) is 12.1. The lowest BCUT2D eigenvalue weighted by atomic mass is 9.93. The number of rotatable bonds is 3. The monoisotopic (exact) mass is 257 g/mol. The Morgan fingerprint density at radius 3 is 3.05 bits per heavy atom. The van der Waals surface area contributed by atoms with Gasteiger partial charge in [-0.1, -0.05) is 18.2 Å². The van der Waals surface area contributed by atoms with Gasteiger partial charge in [0.05, 0.1) is 18.0 Å². The summed E-state index contributed by atoms with van der Waals surface area (Å²) in [5.74, 6) is 1.54. The van der Waals surface area contributed by atoms with Crippen molar-refractivity contribution < 1.29 is 4.74 Å². The average molecular weight is 257 g/mol. The predicted octanol–water partition coefficient (Wildman–Crippen LogP) is 2.71. The summed E-state index contributed by atoms with van der Waals surface area (Å²) < 4.78 is 7.53. The van der Waals surface area contributed by atoms with Crippen molar-refractivity contribution in [3.8, 4) is 5.75 Å². The number of aromatic nitrogens is 2. The Balaban J connectivity index is 1.73. The molecule has 0 saturated heterocycles. The van der Waals surface area contributed by atoms with E-state index in [9.17, 15) is 0 Å². The van der Waals surface area contributed by atoms with E-state index in [1.165, 1.54) is 5.56 Å². The molecule has 0 radical (unpaired) electrons. The van der Waals surface area contributed by atoms with E-state index in [-0.39, 0.29) is 0 Å². The zero-order valence-electron chi connectivity index (χ0n) is 11.4. The topological polar surface area (TPSA) is 39.1 Å². The molecule has 2 heterocycles. The molecule has 1 unspecified atom stereocenters. The summed E-state index contributed by atoms with van der Waals surface area (Å²) in [6.07, 6.45) is 3.09. The second-order valence-corrected chi connectivity index (χ2v) is 5.05. The van der Waals surface area contributed by atoms with Crippen LogP contribution in [0, 0.1) is 6.92 Å². The summed E-state index contributed by atoms with van der Waals surface area (Å²) in [4.78, 5) is 0. The third kappa shape index (κ3) is 2.43. The Kier molecular flexibility index (Phi) is 3.15. The molecule has 0 amide bonds. The van der Waals surface area contributed by atoms with Gasteiger partial charge in [-0.05, 0) is 25.0 Å². The van der Waals surface area contributed by atoms with Crippen LogP contribution in [0.5, 0.6) is 5.75 Å². The molecule has 1 aromatic heterocycles. The number of anilines is 1. The Hall–Kier alpha value is -1.97. The highest BCUT2D eigenvalue weighted by Gasteiger charge is 2.21. The van der Waals surface area contributed by atoms with Gasteiger partial charge in [0.2, 0.25) is 0 Å². The first-order valence-corrected chi connectivity index (χ1v) is 6.70. The minimum atomic E-state index is 0.504. The molecule has 2 aromatic rings. The van der Waals surface area contributed by atoms with Crippen molar-refractivity contribution in [1.82, 2.24) is 9.78 Å². The van der Waals surface area contributed by atoms with Crippen molar-refractivity contribution in [2.75, 3.05) is 18.5 Å². The van der Waals surface area contributed by atoms with Gasteiger partial charge in [-0.3, -0.25) is 4.68 Å². The van der Waals surface area contributed by atoms with Crippen molar-refractivity contribution in [3.63, 3.8) is 0 Å². The first-order valence-electron chi connectivity index (χ1n) is 6.70. The summed E-state index contributed by atoms with van der Waals surface area (Å²) in [7, 11) is 1.95. The van der Waals surface area contributed by atoms with Gasteiger partial charge in [-0.15, -0.1) is 0 Å². The highest BCUT2D eigenvalue weighted by Crippen LogP contribution is 2.33. The molecule has 0 spiro atoms. The minimum Gasteiger partial charge on any atom is -0.493 e. The summed E-state index contributed by atoms with van der Waals surface area (Å²) in [5.41, 5.74) is 3.47. The highest BCUT2D eigenvalue weighted by molar-refractivity contribution is 5.47. The fourth-order valence-corrected chi connectivity index (χ4v) is 2.63. The van der Waals surface area contributed by atoms with Crippen LogP contribution in [0.15, 0.2) is 30.5 Å². The van der Waals surface area contributed by atoms with Crippen molar-refractivity contribution in [2.24, 2.45) is 7.05 Å². The van der Waals surface area contributed by atoms with Crippen LogP contribution in [-0.4, -0.2) is 22.9 Å². The number of hydrogen-bond acceptors (Lipinski definition) is 3. The van der Waals surface area contributed by atoms with Crippen LogP contribution in [0.25, 0.3) is 0 Å². The van der Waals surface area contributed by atoms with Crippen LogP contribution < -0.4 is 10.1 Å². The zero-order valence-corrected chi connectivity index (χ0v) is 11.4. The largest absolute Gasteiger partial charge is 0.493 e. The Morgan fingerprint density at radius 2 is 2.26 bits per heavy atom. The normalized spacial score (nSPS) is 17.7. The summed E-state index contributed by atoms with van der Waals surface area (Å²) in [6, 6.07) is 8.32. The maximum Gasteiger partial charge on any atom is 0.122 e. The van der Waals surface area contributed by atoms with E-state index in [0.717, 1.165) is 36.7 Å². The Labute approximate surface area is 113 Å². The van der Waals surface area contributed by atoms with Gasteiger partial charge in [-0.25, -0.2) is 0 Å². The van der Waals surface area contributed by atoms with E-state index in [1.807, 2.05) is 30.9 Å². The van der Waals surface area contributed by atoms with Crippen LogP contribution in [0.3, 0.4) is 0 Å². The molecule has 1 aromatic carbocycles. The average Bonchev–Trinajstić information content (AvgIpc) is 2.74. The fourth-order valence-electron chi connectivity index (χ4n) is 2.63. The second kappa shape index (κ2) is 4.96. The summed E-state index contributed by atoms with van der Waals surface area (Å²) in [6.45, 7) is 3.75. The molecule has 1 N–H and O–H groups in total. The second-order valence-electron chi connectivity index (χ2n) is 5.05. The maximum atomic E-state index is 5.69. The van der Waals surface area contributed by atoms with Crippen molar-refractivity contribution in [3.05, 3.63) is 41.7 Å². The van der Waals surface area contributed by atoms with Crippen LogP contribution >= 0.6 is 0 Å². The third-order valence-electron chi connectivity index (χ3n) is 3.64. The molecule has 0 saturated carbocycles. The number of nitrogens with one attached hydrogen (secondary N) is 1. The molecule has 100 valence electrons. The van der Waals surface area contributed by atoms with Crippen molar-refractivity contribution in [1.29, 1.82) is 0 Å². The zero-order chi connectivity index (χ0) is 13.2. The quantitative estimate of drug-likeness (QED) is 0.919. The lowest BCUT2D eigenvalue weighted by Gasteiger charge is -2.26. The van der Waals surface area contributed by atoms with Gasteiger partial charge in [0, 0.05) is 25.7 Å². The molecule has 1 aliphatic heterocycles. The van der Waals surface area contributed by atoms with E-state index < -0.39 is 0 Å². The fraction of sp³-hybridized carbons (Fsp3) is 0.400. The lowest BCUT2D eigenvalue weighted by Crippen LogP contribution is -2.20. The summed E-state index contributed by atoms with van der Waals surface area (Å²) >= 11 is 0. The molecule has 4 nitrogen and oxygen atoms in total. The molecule has 0 bridgehead atoms. The molecule has 1 atom stereocenters. The van der Waals surface area contributed by atoms with Gasteiger partial charge in [0.1, 0.15) is 5.75 Å². The molecular weight excluding hydrogens is 238 g/mol. The van der Waals surface area contributed by atoms with Crippen LogP contribution in [0.1, 0.15) is 23.6 Å². The molecule has 3 rings (SSSR count). The molecule has 0 fully saturated rings. The molecule has 1 aliphatic rings. The van der Waals surface area contributed by atoms with Crippen molar-refractivity contribution >= 4 is 5.69 Å². The van der Waals surface area contributed by atoms with E-state index in [2.05, 4.69) is 28.6 Å². The van der Waals surface area contributed by atoms with Gasteiger partial charge in [-0.2, -0.15) is 5.10 Å². The minimum absolute atomic E-state index is 0.504. The SMILES string of the molecule is Cc1nn(C)cc1NCC1CCOc2ccccc21. The third-order valence-corrected chi connectivity index (χ3v) is 3.64. The van der Waals surface area contributed by atoms with Crippen LogP contribution in [-0.2, 0) is 7.05 Å². The van der Waals surface area contributed by atoms with Crippen molar-refractivity contribution in [2.45, 2.75) is 19.3 Å². The van der Waals surface area contributed by atoms with Gasteiger partial charge in [0.15, 0.2) is 0 Å². The Morgan fingerprint density at radius 1 is 1.42 bits per heavy atom. The first-order chi connectivity index (χ1) is 9.24. The standard InChI is InChI=1S/C15H19N3O/c1-11-14(10-18(2)17-11)16-9-12-7-8-19-15-6-4-3-5-13(12)15/h3-6,10,12,16H,7-9H2,1-2H3. The van der Waals surface area contributed by atoms with E-state index in [1.54, 1.807) is 0 Å². The number of ether oxygens (including phenoxy) is 1. The molecule has 4 heteroatoms. The molecular formula is C15H19N3O. The van der Waals surface area contributed by atoms with Crippen LogP contribution in [0.2, 0.25) is 0 Å². The number of aryl methyl sites for hydroxylation is 2. The summed E-state index contributed by atoms with van der Waals surface area (Å²) in [5, 5.41) is 7.85. The van der Waals surface area contributed by atoms with E-state index >= 15 is 0 Å². The van der Waals surface area contributed by atoms with Gasteiger partial charge in [0.25, 0.3) is 0 Å². The number of para-hydroxylation sites is 1. The number of fused-ring (bicyclic) bond motifs is 1. The number of nitrogens with zero attached hydrogens (tertiary/aromatic N) is 2. The Bertz CT molecular complexity index is 577. The molecule has 0 aliphatic carbocycles. The number of hydrogen-bond donors (Lipinski definition) is 1. The molecule has 19 heavy (non-hydrogen) atoms. The smallest absolute Gasteiger partial charge is 0.122 e. The predicted molar refractivity (Wildman–Crippen MR) is 75.7 cm³/mol. The van der Waals surface area contributed by atoms with Crippen LogP contribution in [0.4, 0.5) is 5.69 Å².